The third-order valence-corrected chi connectivity index (χ3v) is 4.66. The van der Waals surface area contributed by atoms with E-state index >= 15 is 0 Å². The average Bonchev–Trinajstić information content (AvgIpc) is 3.25. The van der Waals surface area contributed by atoms with Crippen LogP contribution in [0, 0.1) is 0 Å². The lowest BCUT2D eigenvalue weighted by Gasteiger charge is -2.18. The van der Waals surface area contributed by atoms with Crippen LogP contribution in [0.1, 0.15) is 5.56 Å². The molecule has 4 rings (SSSR count). The number of hydrogen-bond acceptors (Lipinski definition) is 4. The Hall–Kier alpha value is -2.41. The second kappa shape index (κ2) is 7.86. The van der Waals surface area contributed by atoms with E-state index in [1.165, 1.54) is 0 Å². The number of carbonyl (C=O) groups is 1. The number of urea groups is 1. The Kier molecular flexibility index (Phi) is 5.15. The fraction of sp³-hybridized carbons (Fsp3) is 0.350. The number of ether oxygens (including phenoxy) is 3. The molecule has 136 valence electrons. The summed E-state index contributed by atoms with van der Waals surface area (Å²) < 4.78 is 17.7. The standard InChI is InChI=1S/C20H22N2O4/c23-20(21-15-9-5-2-6-10-15)22-16-12-25-19-17(13-26-18(16)19)24-11-14-7-3-1-4-8-14/h1-10,16-19H,11-13H2,(H2,21,22,23)/t16-,17+,18+,19+/m0/s1. The lowest BCUT2D eigenvalue weighted by molar-refractivity contribution is -0.0392. The highest BCUT2D eigenvalue weighted by Gasteiger charge is 2.48. The Morgan fingerprint density at radius 1 is 0.962 bits per heavy atom. The van der Waals surface area contributed by atoms with Crippen LogP contribution in [0.5, 0.6) is 0 Å². The topological polar surface area (TPSA) is 68.8 Å². The number of anilines is 1. The molecule has 0 bridgehead atoms. The first-order valence-electron chi connectivity index (χ1n) is 8.81. The number of benzene rings is 2. The summed E-state index contributed by atoms with van der Waals surface area (Å²) in [5, 5.41) is 5.75. The summed E-state index contributed by atoms with van der Waals surface area (Å²) >= 11 is 0. The van der Waals surface area contributed by atoms with Gasteiger partial charge in [-0.3, -0.25) is 0 Å². The summed E-state index contributed by atoms with van der Waals surface area (Å²) in [4.78, 5) is 12.2. The first-order chi connectivity index (χ1) is 12.8. The molecule has 2 saturated heterocycles. The smallest absolute Gasteiger partial charge is 0.319 e. The Balaban J connectivity index is 1.28. The summed E-state index contributed by atoms with van der Waals surface area (Å²) in [5.41, 5.74) is 1.86. The minimum Gasteiger partial charge on any atom is -0.370 e. The summed E-state index contributed by atoms with van der Waals surface area (Å²) in [5.74, 6) is 0. The number of para-hydroxylation sites is 1. The highest BCUT2D eigenvalue weighted by molar-refractivity contribution is 5.89. The van der Waals surface area contributed by atoms with Crippen molar-refractivity contribution in [3.05, 3.63) is 66.2 Å². The molecule has 0 radical (unpaired) electrons. The van der Waals surface area contributed by atoms with Gasteiger partial charge in [-0.1, -0.05) is 48.5 Å². The van der Waals surface area contributed by atoms with Crippen LogP contribution in [0.15, 0.2) is 60.7 Å². The van der Waals surface area contributed by atoms with E-state index in [9.17, 15) is 4.79 Å². The molecular formula is C20H22N2O4. The van der Waals surface area contributed by atoms with E-state index in [1.54, 1.807) is 0 Å². The normalized spacial score (nSPS) is 27.1. The largest absolute Gasteiger partial charge is 0.370 e. The summed E-state index contributed by atoms with van der Waals surface area (Å²) in [6.07, 6.45) is -0.456. The molecule has 2 amide bonds. The second-order valence-electron chi connectivity index (χ2n) is 6.50. The van der Waals surface area contributed by atoms with Crippen molar-refractivity contribution in [3.8, 4) is 0 Å². The number of carbonyl (C=O) groups excluding carboxylic acids is 1. The Morgan fingerprint density at radius 3 is 2.42 bits per heavy atom. The van der Waals surface area contributed by atoms with E-state index in [1.807, 2.05) is 60.7 Å². The van der Waals surface area contributed by atoms with Gasteiger partial charge in [0.15, 0.2) is 0 Å². The van der Waals surface area contributed by atoms with Crippen molar-refractivity contribution in [3.63, 3.8) is 0 Å². The molecule has 0 aliphatic carbocycles. The van der Waals surface area contributed by atoms with E-state index in [0.717, 1.165) is 11.3 Å². The average molecular weight is 354 g/mol. The maximum atomic E-state index is 12.2. The van der Waals surface area contributed by atoms with Gasteiger partial charge in [0, 0.05) is 5.69 Å². The molecule has 2 fully saturated rings. The van der Waals surface area contributed by atoms with Gasteiger partial charge in [0.05, 0.1) is 25.9 Å². The maximum absolute atomic E-state index is 12.2. The SMILES string of the molecule is O=C(Nc1ccccc1)N[C@H]1CO[C@H]2[C@@H]1OC[C@H]2OCc1ccccc1. The van der Waals surface area contributed by atoms with Crippen LogP contribution < -0.4 is 10.6 Å². The van der Waals surface area contributed by atoms with Crippen LogP contribution in [0.4, 0.5) is 10.5 Å². The number of nitrogens with one attached hydrogen (secondary N) is 2. The highest BCUT2D eigenvalue weighted by atomic mass is 16.6. The monoisotopic (exact) mass is 354 g/mol. The molecule has 0 unspecified atom stereocenters. The lowest BCUT2D eigenvalue weighted by atomic mass is 10.1. The molecule has 26 heavy (non-hydrogen) atoms. The van der Waals surface area contributed by atoms with Gasteiger partial charge < -0.3 is 24.8 Å². The van der Waals surface area contributed by atoms with Gasteiger partial charge in [-0.15, -0.1) is 0 Å². The molecule has 0 saturated carbocycles. The Morgan fingerprint density at radius 2 is 1.65 bits per heavy atom. The van der Waals surface area contributed by atoms with Gasteiger partial charge in [0.2, 0.25) is 0 Å². The van der Waals surface area contributed by atoms with Crippen molar-refractivity contribution >= 4 is 11.7 Å². The minimum atomic E-state index is -0.261. The third-order valence-electron chi connectivity index (χ3n) is 4.66. The zero-order valence-electron chi connectivity index (χ0n) is 14.3. The van der Waals surface area contributed by atoms with Crippen molar-refractivity contribution < 1.29 is 19.0 Å². The Labute approximate surface area is 152 Å². The van der Waals surface area contributed by atoms with Crippen LogP contribution in [-0.2, 0) is 20.8 Å². The molecule has 4 atom stereocenters. The van der Waals surface area contributed by atoms with E-state index in [4.69, 9.17) is 14.2 Å². The van der Waals surface area contributed by atoms with Crippen molar-refractivity contribution in [2.45, 2.75) is 31.0 Å². The summed E-state index contributed by atoms with van der Waals surface area (Å²) in [7, 11) is 0. The summed E-state index contributed by atoms with van der Waals surface area (Å²) in [6, 6.07) is 18.9. The van der Waals surface area contributed by atoms with Gasteiger partial charge in [0.25, 0.3) is 0 Å². The van der Waals surface area contributed by atoms with E-state index in [0.29, 0.717) is 19.8 Å². The molecule has 2 N–H and O–H groups in total. The highest BCUT2D eigenvalue weighted by Crippen LogP contribution is 2.29. The fourth-order valence-corrected chi connectivity index (χ4v) is 3.37. The number of rotatable bonds is 5. The van der Waals surface area contributed by atoms with Gasteiger partial charge in [-0.2, -0.15) is 0 Å². The molecule has 0 aromatic heterocycles. The number of fused-ring (bicyclic) bond motifs is 1. The predicted molar refractivity (Wildman–Crippen MR) is 96.9 cm³/mol. The quantitative estimate of drug-likeness (QED) is 0.866. The molecule has 2 aromatic carbocycles. The maximum Gasteiger partial charge on any atom is 0.319 e. The third kappa shape index (κ3) is 3.88. The number of hydrogen-bond donors (Lipinski definition) is 2. The van der Waals surface area contributed by atoms with Gasteiger partial charge in [-0.25, -0.2) is 4.79 Å². The molecule has 2 heterocycles. The second-order valence-corrected chi connectivity index (χ2v) is 6.50. The van der Waals surface area contributed by atoms with Crippen LogP contribution in [0.2, 0.25) is 0 Å². The zero-order valence-corrected chi connectivity index (χ0v) is 14.3. The van der Waals surface area contributed by atoms with E-state index in [2.05, 4.69) is 10.6 Å². The van der Waals surface area contributed by atoms with Gasteiger partial charge in [0.1, 0.15) is 18.3 Å². The van der Waals surface area contributed by atoms with Crippen LogP contribution >= 0.6 is 0 Å². The number of amides is 2. The molecule has 6 heteroatoms. The molecule has 2 aromatic rings. The minimum absolute atomic E-state index is 0.121. The lowest BCUT2D eigenvalue weighted by Crippen LogP contribution is -2.46. The molecule has 2 aliphatic rings. The van der Waals surface area contributed by atoms with Crippen LogP contribution in [-0.4, -0.2) is 43.6 Å². The fourth-order valence-electron chi connectivity index (χ4n) is 3.37. The van der Waals surface area contributed by atoms with Crippen molar-refractivity contribution in [2.24, 2.45) is 0 Å². The summed E-state index contributed by atoms with van der Waals surface area (Å²) in [6.45, 7) is 1.41. The molecule has 2 aliphatic heterocycles. The van der Waals surface area contributed by atoms with Crippen LogP contribution in [0.25, 0.3) is 0 Å². The van der Waals surface area contributed by atoms with Gasteiger partial charge >= 0.3 is 6.03 Å². The molecular weight excluding hydrogens is 332 g/mol. The Bertz CT molecular complexity index is 725. The van der Waals surface area contributed by atoms with Crippen molar-refractivity contribution in [1.82, 2.24) is 5.32 Å². The first-order valence-corrected chi connectivity index (χ1v) is 8.81. The van der Waals surface area contributed by atoms with Crippen LogP contribution in [0.3, 0.4) is 0 Å². The molecule has 0 spiro atoms. The van der Waals surface area contributed by atoms with E-state index in [-0.39, 0.29) is 30.4 Å². The zero-order chi connectivity index (χ0) is 17.8. The first kappa shape index (κ1) is 17.0. The van der Waals surface area contributed by atoms with Crippen molar-refractivity contribution in [2.75, 3.05) is 18.5 Å². The van der Waals surface area contributed by atoms with E-state index < -0.39 is 0 Å². The van der Waals surface area contributed by atoms with Crippen molar-refractivity contribution in [1.29, 1.82) is 0 Å². The molecule has 6 nitrogen and oxygen atoms in total. The van der Waals surface area contributed by atoms with Gasteiger partial charge in [-0.05, 0) is 17.7 Å². The predicted octanol–water partition coefficient (Wildman–Crippen LogP) is 2.56.